The molecule has 0 spiro atoms. The molecule has 0 saturated heterocycles. The van der Waals surface area contributed by atoms with E-state index in [-0.39, 0.29) is 0 Å². The zero-order valence-corrected chi connectivity index (χ0v) is 23.1. The summed E-state index contributed by atoms with van der Waals surface area (Å²) in [6, 6.07) is 49.9. The first-order valence-electron chi connectivity index (χ1n) is 14.7. The van der Waals surface area contributed by atoms with E-state index in [0.717, 1.165) is 38.6 Å². The third-order valence-electron chi connectivity index (χ3n) is 9.13. The van der Waals surface area contributed by atoms with E-state index in [1.807, 2.05) is 0 Å². The second kappa shape index (κ2) is 8.37. The lowest BCUT2D eigenvalue weighted by Gasteiger charge is -2.15. The zero-order chi connectivity index (χ0) is 28.1. The van der Waals surface area contributed by atoms with E-state index in [2.05, 4.69) is 144 Å². The van der Waals surface area contributed by atoms with Crippen LogP contribution in [0.2, 0.25) is 0 Å². The molecule has 0 fully saturated rings. The predicted octanol–water partition coefficient (Wildman–Crippen LogP) is 10.3. The molecule has 2 heterocycles. The lowest BCUT2D eigenvalue weighted by atomic mass is 9.93. The van der Waals surface area contributed by atoms with Gasteiger partial charge in [-0.15, -0.1) is 0 Å². The normalized spacial score (nSPS) is 12.2. The molecular formula is C40H23N3. The van der Waals surface area contributed by atoms with E-state index in [1.54, 1.807) is 0 Å². The third-order valence-corrected chi connectivity index (χ3v) is 9.13. The molecule has 0 aliphatic heterocycles. The van der Waals surface area contributed by atoms with Crippen LogP contribution in [0.4, 0.5) is 0 Å². The molecule has 10 rings (SSSR count). The summed E-state index contributed by atoms with van der Waals surface area (Å²) in [5.74, 6) is 0.685. The molecule has 0 atom stereocenters. The van der Waals surface area contributed by atoms with Crippen molar-refractivity contribution in [2.45, 2.75) is 0 Å². The molecule has 198 valence electrons. The molecule has 0 bridgehead atoms. The molecule has 0 radical (unpaired) electrons. The van der Waals surface area contributed by atoms with Gasteiger partial charge in [-0.3, -0.25) is 4.57 Å². The maximum absolute atomic E-state index is 5.41. The summed E-state index contributed by atoms with van der Waals surface area (Å²) in [5, 5.41) is 8.48. The molecule has 2 aromatic heterocycles. The van der Waals surface area contributed by atoms with Crippen molar-refractivity contribution in [2.24, 2.45) is 0 Å². The summed E-state index contributed by atoms with van der Waals surface area (Å²) in [6.45, 7) is 0. The van der Waals surface area contributed by atoms with Gasteiger partial charge in [0.25, 0.3) is 0 Å². The molecule has 9 aromatic rings. The van der Waals surface area contributed by atoms with Gasteiger partial charge in [0.05, 0.1) is 22.2 Å². The van der Waals surface area contributed by atoms with Gasteiger partial charge in [0, 0.05) is 21.7 Å². The molecule has 3 heteroatoms. The van der Waals surface area contributed by atoms with Gasteiger partial charge in [-0.1, -0.05) is 121 Å². The fourth-order valence-electron chi connectivity index (χ4n) is 7.34. The maximum atomic E-state index is 5.41. The van der Waals surface area contributed by atoms with Crippen molar-refractivity contribution in [1.29, 1.82) is 0 Å². The van der Waals surface area contributed by atoms with Crippen LogP contribution in [-0.4, -0.2) is 14.5 Å². The fourth-order valence-corrected chi connectivity index (χ4v) is 7.34. The van der Waals surface area contributed by atoms with Gasteiger partial charge < -0.3 is 0 Å². The van der Waals surface area contributed by atoms with Crippen LogP contribution in [0.5, 0.6) is 0 Å². The SMILES string of the molecule is c1ccc(-c2nc(-n3c4cccc5c4c4c6c(cccc6ccc43)-c3ccccc3-5)nc3ccc4ccccc4c23)cc1. The highest BCUT2D eigenvalue weighted by atomic mass is 15.2. The Morgan fingerprint density at radius 3 is 1.91 bits per heavy atom. The molecule has 0 unspecified atom stereocenters. The largest absolute Gasteiger partial charge is 0.278 e. The number of fused-ring (bicyclic) bond motifs is 6. The topological polar surface area (TPSA) is 30.7 Å². The summed E-state index contributed by atoms with van der Waals surface area (Å²) in [4.78, 5) is 10.7. The van der Waals surface area contributed by atoms with Crippen molar-refractivity contribution in [1.82, 2.24) is 14.5 Å². The van der Waals surface area contributed by atoms with E-state index in [0.29, 0.717) is 5.95 Å². The first-order chi connectivity index (χ1) is 21.3. The van der Waals surface area contributed by atoms with Gasteiger partial charge in [-0.25, -0.2) is 9.97 Å². The monoisotopic (exact) mass is 545 g/mol. The minimum atomic E-state index is 0.685. The number of rotatable bonds is 2. The van der Waals surface area contributed by atoms with E-state index >= 15 is 0 Å². The molecule has 0 N–H and O–H groups in total. The Kier molecular flexibility index (Phi) is 4.45. The Hall–Kier alpha value is -5.80. The van der Waals surface area contributed by atoms with Crippen molar-refractivity contribution < 1.29 is 0 Å². The van der Waals surface area contributed by atoms with Crippen LogP contribution < -0.4 is 0 Å². The number of hydrogen-bond donors (Lipinski definition) is 0. The van der Waals surface area contributed by atoms with E-state index in [1.165, 1.54) is 49.2 Å². The summed E-state index contributed by atoms with van der Waals surface area (Å²) >= 11 is 0. The van der Waals surface area contributed by atoms with E-state index < -0.39 is 0 Å². The van der Waals surface area contributed by atoms with Crippen LogP contribution in [0.1, 0.15) is 0 Å². The maximum Gasteiger partial charge on any atom is 0.235 e. The summed E-state index contributed by atoms with van der Waals surface area (Å²) in [6.07, 6.45) is 0. The standard InChI is InChI=1S/C40H23N3/c1-2-11-26(12-3-1)39-36-27-14-5-4-10-24(27)20-22-32(36)41-40(42-39)43-33-19-9-18-31-29-16-7-6-15-28(29)30-17-8-13-25-21-23-34(43)38(35(25)30)37(31)33/h1-23H. The highest BCUT2D eigenvalue weighted by Gasteiger charge is 2.25. The van der Waals surface area contributed by atoms with Crippen LogP contribution >= 0.6 is 0 Å². The Labute approximate surface area is 247 Å². The van der Waals surface area contributed by atoms with Crippen LogP contribution in [0.3, 0.4) is 0 Å². The van der Waals surface area contributed by atoms with Crippen molar-refractivity contribution in [3.63, 3.8) is 0 Å². The highest BCUT2D eigenvalue weighted by molar-refractivity contribution is 6.30. The van der Waals surface area contributed by atoms with Crippen molar-refractivity contribution in [3.05, 3.63) is 140 Å². The number of benzene rings is 7. The third kappa shape index (κ3) is 3.03. The Morgan fingerprint density at radius 2 is 1.05 bits per heavy atom. The second-order valence-electron chi connectivity index (χ2n) is 11.4. The number of hydrogen-bond acceptors (Lipinski definition) is 2. The molecule has 0 amide bonds. The fraction of sp³-hybridized carbons (Fsp3) is 0. The van der Waals surface area contributed by atoms with Crippen molar-refractivity contribution in [2.75, 3.05) is 0 Å². The quantitative estimate of drug-likeness (QED) is 0.202. The number of nitrogens with zero attached hydrogens (tertiary/aromatic N) is 3. The first-order valence-corrected chi connectivity index (χ1v) is 14.7. The number of aromatic nitrogens is 3. The zero-order valence-electron chi connectivity index (χ0n) is 23.1. The average molecular weight is 546 g/mol. The molecule has 0 saturated carbocycles. The summed E-state index contributed by atoms with van der Waals surface area (Å²) in [5.41, 5.74) is 10.2. The van der Waals surface area contributed by atoms with Gasteiger partial charge in [-0.2, -0.15) is 0 Å². The van der Waals surface area contributed by atoms with Gasteiger partial charge in [0.15, 0.2) is 0 Å². The Bertz CT molecular complexity index is 2610. The first kappa shape index (κ1) is 22.8. The van der Waals surface area contributed by atoms with E-state index in [4.69, 9.17) is 9.97 Å². The van der Waals surface area contributed by atoms with Gasteiger partial charge in [0.2, 0.25) is 5.95 Å². The van der Waals surface area contributed by atoms with Crippen molar-refractivity contribution >= 4 is 54.3 Å². The second-order valence-corrected chi connectivity index (χ2v) is 11.4. The minimum absolute atomic E-state index is 0.685. The summed E-state index contributed by atoms with van der Waals surface area (Å²) in [7, 11) is 0. The van der Waals surface area contributed by atoms with Crippen molar-refractivity contribution in [3.8, 4) is 39.5 Å². The average Bonchev–Trinajstić information content (AvgIpc) is 3.36. The Morgan fingerprint density at radius 1 is 0.395 bits per heavy atom. The van der Waals surface area contributed by atoms with Crippen LogP contribution in [0.15, 0.2) is 140 Å². The van der Waals surface area contributed by atoms with Crippen LogP contribution in [0, 0.1) is 0 Å². The summed E-state index contributed by atoms with van der Waals surface area (Å²) < 4.78 is 2.28. The molecule has 7 aromatic carbocycles. The molecule has 3 nitrogen and oxygen atoms in total. The van der Waals surface area contributed by atoms with Gasteiger partial charge in [-0.05, 0) is 62.0 Å². The molecule has 1 aliphatic carbocycles. The van der Waals surface area contributed by atoms with Gasteiger partial charge in [0.1, 0.15) is 0 Å². The molecular weight excluding hydrogens is 522 g/mol. The lowest BCUT2D eigenvalue weighted by molar-refractivity contribution is 1.01. The highest BCUT2D eigenvalue weighted by Crippen LogP contribution is 2.49. The van der Waals surface area contributed by atoms with E-state index in [9.17, 15) is 0 Å². The minimum Gasteiger partial charge on any atom is -0.278 e. The van der Waals surface area contributed by atoms with Gasteiger partial charge >= 0.3 is 0 Å². The van der Waals surface area contributed by atoms with Crippen LogP contribution in [-0.2, 0) is 0 Å². The Balaban J connectivity index is 1.40. The lowest BCUT2D eigenvalue weighted by Crippen LogP contribution is -2.04. The molecule has 1 aliphatic rings. The molecule has 43 heavy (non-hydrogen) atoms. The van der Waals surface area contributed by atoms with Crippen LogP contribution in [0.25, 0.3) is 93.7 Å². The predicted molar refractivity (Wildman–Crippen MR) is 179 cm³/mol. The smallest absolute Gasteiger partial charge is 0.235 e.